The van der Waals surface area contributed by atoms with Crippen LogP contribution >= 0.6 is 0 Å². The summed E-state index contributed by atoms with van der Waals surface area (Å²) in [5, 5.41) is 25.6. The highest BCUT2D eigenvalue weighted by Crippen LogP contribution is 2.26. The summed E-state index contributed by atoms with van der Waals surface area (Å²) in [6, 6.07) is 10.5. The minimum atomic E-state index is -0.787. The maximum Gasteiger partial charge on any atom is 0.259 e. The number of anilines is 2. The van der Waals surface area contributed by atoms with E-state index in [0.29, 0.717) is 23.5 Å². The van der Waals surface area contributed by atoms with E-state index in [9.17, 15) is 18.8 Å². The fourth-order valence-corrected chi connectivity index (χ4v) is 4.06. The van der Waals surface area contributed by atoms with Crippen LogP contribution in [0.15, 0.2) is 42.6 Å². The molecule has 0 unspecified atom stereocenters. The Morgan fingerprint density at radius 1 is 1.15 bits per heavy atom. The van der Waals surface area contributed by atoms with Gasteiger partial charge in [-0.2, -0.15) is 10.4 Å². The SMILES string of the molecule is Cc1c(C(=O)Nc2ccc(N3CCN(CCO)CC3)c(C#N)c2)cnn1-c1ccc(F)cc1F. The highest BCUT2D eigenvalue weighted by Gasteiger charge is 2.21. The van der Waals surface area contributed by atoms with Crippen LogP contribution in [0.3, 0.4) is 0 Å². The minimum absolute atomic E-state index is 0.0353. The number of β-amino-alcohol motifs (C(OH)–C–C–N with tert-alkyl or cyclic N) is 1. The lowest BCUT2D eigenvalue weighted by Gasteiger charge is -2.36. The van der Waals surface area contributed by atoms with Crippen LogP contribution in [0, 0.1) is 29.9 Å². The van der Waals surface area contributed by atoms with Crippen LogP contribution in [0.2, 0.25) is 0 Å². The quantitative estimate of drug-likeness (QED) is 0.580. The summed E-state index contributed by atoms with van der Waals surface area (Å²) in [5.41, 5.74) is 2.33. The summed E-state index contributed by atoms with van der Waals surface area (Å²) >= 11 is 0. The average molecular weight is 466 g/mol. The number of benzene rings is 2. The third-order valence-corrected chi connectivity index (χ3v) is 5.90. The summed E-state index contributed by atoms with van der Waals surface area (Å²) < 4.78 is 28.6. The van der Waals surface area contributed by atoms with Crippen molar-refractivity contribution in [1.29, 1.82) is 5.26 Å². The molecular weight excluding hydrogens is 442 g/mol. The van der Waals surface area contributed by atoms with Crippen LogP contribution < -0.4 is 10.2 Å². The second-order valence-electron chi connectivity index (χ2n) is 8.00. The van der Waals surface area contributed by atoms with Crippen LogP contribution in [0.5, 0.6) is 0 Å². The Hall–Kier alpha value is -3.81. The van der Waals surface area contributed by atoms with Crippen molar-refractivity contribution in [2.24, 2.45) is 0 Å². The Kier molecular flexibility index (Phi) is 6.86. The van der Waals surface area contributed by atoms with Gasteiger partial charge in [0.2, 0.25) is 0 Å². The van der Waals surface area contributed by atoms with E-state index < -0.39 is 17.5 Å². The van der Waals surface area contributed by atoms with Gasteiger partial charge in [-0.3, -0.25) is 9.69 Å². The largest absolute Gasteiger partial charge is 0.395 e. The number of halogens is 2. The molecule has 1 fully saturated rings. The molecule has 2 heterocycles. The smallest absolute Gasteiger partial charge is 0.259 e. The van der Waals surface area contributed by atoms with Crippen molar-refractivity contribution in [3.8, 4) is 11.8 Å². The number of nitrogens with zero attached hydrogens (tertiary/aromatic N) is 5. The molecular formula is C24H24F2N6O2. The van der Waals surface area contributed by atoms with Gasteiger partial charge in [-0.05, 0) is 37.3 Å². The van der Waals surface area contributed by atoms with Crippen LogP contribution in [0.1, 0.15) is 21.6 Å². The molecule has 8 nitrogen and oxygen atoms in total. The lowest BCUT2D eigenvalue weighted by Crippen LogP contribution is -2.47. The summed E-state index contributed by atoms with van der Waals surface area (Å²) in [4.78, 5) is 17.1. The summed E-state index contributed by atoms with van der Waals surface area (Å²) in [5.74, 6) is -1.95. The Labute approximate surface area is 195 Å². The average Bonchev–Trinajstić information content (AvgIpc) is 3.21. The van der Waals surface area contributed by atoms with Crippen LogP contribution in [0.4, 0.5) is 20.2 Å². The number of nitrogens with one attached hydrogen (secondary N) is 1. The van der Waals surface area contributed by atoms with Crippen molar-refractivity contribution >= 4 is 17.3 Å². The molecule has 0 radical (unpaired) electrons. The van der Waals surface area contributed by atoms with Gasteiger partial charge < -0.3 is 15.3 Å². The lowest BCUT2D eigenvalue weighted by atomic mass is 10.1. The van der Waals surface area contributed by atoms with Gasteiger partial charge in [-0.15, -0.1) is 0 Å². The summed E-state index contributed by atoms with van der Waals surface area (Å²) in [6.07, 6.45) is 1.32. The van der Waals surface area contributed by atoms with Crippen LogP contribution in [-0.4, -0.2) is 65.0 Å². The number of carbonyl (C=O) groups is 1. The fraction of sp³-hybridized carbons (Fsp3) is 0.292. The van der Waals surface area contributed by atoms with E-state index in [0.717, 1.165) is 44.0 Å². The second kappa shape index (κ2) is 9.99. The molecule has 1 amide bonds. The number of rotatable bonds is 6. The van der Waals surface area contributed by atoms with Crippen molar-refractivity contribution < 1.29 is 18.7 Å². The Morgan fingerprint density at radius 3 is 2.56 bits per heavy atom. The molecule has 0 saturated carbocycles. The van der Waals surface area contributed by atoms with E-state index in [1.165, 1.54) is 16.9 Å². The first kappa shape index (κ1) is 23.4. The zero-order chi connectivity index (χ0) is 24.2. The number of nitriles is 1. The standard InChI is InChI=1S/C24H24F2N6O2/c1-16-20(15-28-32(16)23-4-2-18(25)13-21(23)26)24(34)29-19-3-5-22(17(12-19)14-27)31-8-6-30(7-9-31)10-11-33/h2-5,12-13,15,33H,6-11H2,1H3,(H,29,34). The number of amides is 1. The molecule has 10 heteroatoms. The number of piperazine rings is 1. The Bertz CT molecular complexity index is 1240. The molecule has 1 saturated heterocycles. The first-order valence-corrected chi connectivity index (χ1v) is 10.8. The number of aliphatic hydroxyl groups excluding tert-OH is 1. The molecule has 0 aliphatic carbocycles. The number of hydrogen-bond donors (Lipinski definition) is 2. The molecule has 3 aromatic rings. The highest BCUT2D eigenvalue weighted by molar-refractivity contribution is 6.05. The van der Waals surface area contributed by atoms with Gasteiger partial charge in [0.25, 0.3) is 5.91 Å². The van der Waals surface area contributed by atoms with Crippen molar-refractivity contribution in [1.82, 2.24) is 14.7 Å². The van der Waals surface area contributed by atoms with E-state index in [4.69, 9.17) is 5.11 Å². The zero-order valence-electron chi connectivity index (χ0n) is 18.6. The first-order chi connectivity index (χ1) is 16.4. The molecule has 34 heavy (non-hydrogen) atoms. The van der Waals surface area contributed by atoms with Crippen molar-refractivity contribution in [2.75, 3.05) is 49.5 Å². The minimum Gasteiger partial charge on any atom is -0.395 e. The van der Waals surface area contributed by atoms with Crippen LogP contribution in [-0.2, 0) is 0 Å². The maximum absolute atomic E-state index is 14.2. The lowest BCUT2D eigenvalue weighted by molar-refractivity contribution is 0.102. The number of carbonyl (C=O) groups excluding carboxylic acids is 1. The van der Waals surface area contributed by atoms with Gasteiger partial charge in [-0.1, -0.05) is 0 Å². The van der Waals surface area contributed by atoms with Crippen molar-refractivity contribution in [3.63, 3.8) is 0 Å². The molecule has 1 aliphatic rings. The van der Waals surface area contributed by atoms with Gasteiger partial charge in [0, 0.05) is 44.5 Å². The van der Waals surface area contributed by atoms with E-state index in [1.54, 1.807) is 25.1 Å². The maximum atomic E-state index is 14.2. The van der Waals surface area contributed by atoms with E-state index in [2.05, 4.69) is 26.3 Å². The van der Waals surface area contributed by atoms with E-state index in [1.807, 2.05) is 0 Å². The Balaban J connectivity index is 1.50. The molecule has 1 aliphatic heterocycles. The van der Waals surface area contributed by atoms with Gasteiger partial charge >= 0.3 is 0 Å². The normalized spacial score (nSPS) is 14.1. The molecule has 0 bridgehead atoms. The predicted octanol–water partition coefficient (Wildman–Crippen LogP) is 2.70. The topological polar surface area (TPSA) is 97.4 Å². The third-order valence-electron chi connectivity index (χ3n) is 5.90. The van der Waals surface area contributed by atoms with Gasteiger partial charge in [0.05, 0.1) is 35.3 Å². The van der Waals surface area contributed by atoms with Gasteiger partial charge in [0.1, 0.15) is 17.6 Å². The van der Waals surface area contributed by atoms with Gasteiger partial charge in [0.15, 0.2) is 5.82 Å². The molecule has 1 aromatic heterocycles. The van der Waals surface area contributed by atoms with E-state index in [-0.39, 0.29) is 17.9 Å². The van der Waals surface area contributed by atoms with Crippen molar-refractivity contribution in [2.45, 2.75) is 6.92 Å². The molecule has 0 atom stereocenters. The monoisotopic (exact) mass is 466 g/mol. The molecule has 2 aromatic carbocycles. The molecule has 0 spiro atoms. The third kappa shape index (κ3) is 4.76. The van der Waals surface area contributed by atoms with Crippen molar-refractivity contribution in [3.05, 3.63) is 71.1 Å². The predicted molar refractivity (Wildman–Crippen MR) is 123 cm³/mol. The molecule has 176 valence electrons. The first-order valence-electron chi connectivity index (χ1n) is 10.8. The zero-order valence-corrected chi connectivity index (χ0v) is 18.6. The van der Waals surface area contributed by atoms with E-state index >= 15 is 0 Å². The van der Waals surface area contributed by atoms with Crippen LogP contribution in [0.25, 0.3) is 5.69 Å². The Morgan fingerprint density at radius 2 is 1.88 bits per heavy atom. The second-order valence-corrected chi connectivity index (χ2v) is 8.00. The fourth-order valence-electron chi connectivity index (χ4n) is 4.06. The summed E-state index contributed by atoms with van der Waals surface area (Å²) in [7, 11) is 0. The van der Waals surface area contributed by atoms with Gasteiger partial charge in [-0.25, -0.2) is 13.5 Å². The number of aliphatic hydroxyl groups is 1. The summed E-state index contributed by atoms with van der Waals surface area (Å²) in [6.45, 7) is 5.43. The molecule has 4 rings (SSSR count). The number of hydrogen-bond acceptors (Lipinski definition) is 6. The molecule has 2 N–H and O–H groups in total. The highest BCUT2D eigenvalue weighted by atomic mass is 19.1. The number of aromatic nitrogens is 2.